The summed E-state index contributed by atoms with van der Waals surface area (Å²) in [7, 11) is 3.36. The van der Waals surface area contributed by atoms with Crippen LogP contribution in [0.25, 0.3) is 0 Å². The largest absolute Gasteiger partial charge is 0.496 e. The van der Waals surface area contributed by atoms with Gasteiger partial charge in [0.2, 0.25) is 0 Å². The molecular formula is C18H18O2. The molecule has 2 aromatic carbocycles. The Morgan fingerprint density at radius 1 is 0.950 bits per heavy atom. The van der Waals surface area contributed by atoms with E-state index in [0.29, 0.717) is 6.61 Å². The average molecular weight is 266 g/mol. The van der Waals surface area contributed by atoms with Crippen LogP contribution in [0.5, 0.6) is 5.75 Å². The fraction of sp³-hybridized carbons (Fsp3) is 0.222. The molecule has 0 N–H and O–H groups in total. The molecule has 0 fully saturated rings. The van der Waals surface area contributed by atoms with Crippen LogP contribution < -0.4 is 4.74 Å². The second-order valence-electron chi connectivity index (χ2n) is 4.39. The molecule has 2 heteroatoms. The molecule has 0 aliphatic carbocycles. The normalized spacial score (nSPS) is 11.3. The fourth-order valence-electron chi connectivity index (χ4n) is 2.02. The Morgan fingerprint density at radius 2 is 1.65 bits per heavy atom. The molecule has 2 rings (SSSR count). The molecule has 0 aromatic heterocycles. The summed E-state index contributed by atoms with van der Waals surface area (Å²) in [6.07, 6.45) is 0. The van der Waals surface area contributed by atoms with Gasteiger partial charge in [0.15, 0.2) is 0 Å². The predicted molar refractivity (Wildman–Crippen MR) is 80.9 cm³/mol. The molecule has 0 aliphatic heterocycles. The Bertz CT molecular complexity index is 594. The van der Waals surface area contributed by atoms with Gasteiger partial charge in [-0.15, -0.1) is 0 Å². The number of rotatable bonds is 4. The average Bonchev–Trinajstić information content (AvgIpc) is 2.52. The van der Waals surface area contributed by atoms with Gasteiger partial charge in [0, 0.05) is 18.2 Å². The van der Waals surface area contributed by atoms with Crippen LogP contribution in [0.2, 0.25) is 0 Å². The Balaban J connectivity index is 2.30. The molecule has 0 aliphatic rings. The maximum absolute atomic E-state index is 5.40. The van der Waals surface area contributed by atoms with Crippen molar-refractivity contribution in [1.82, 2.24) is 0 Å². The van der Waals surface area contributed by atoms with Crippen molar-refractivity contribution in [2.75, 3.05) is 20.8 Å². The molecule has 102 valence electrons. The first kappa shape index (κ1) is 14.2. The third-order valence-electron chi connectivity index (χ3n) is 3.01. The van der Waals surface area contributed by atoms with Crippen molar-refractivity contribution in [1.29, 1.82) is 0 Å². The van der Waals surface area contributed by atoms with E-state index < -0.39 is 0 Å². The van der Waals surface area contributed by atoms with Crippen molar-refractivity contribution in [3.63, 3.8) is 0 Å². The maximum Gasteiger partial charge on any atom is 0.123 e. The summed E-state index contributed by atoms with van der Waals surface area (Å²) in [5.41, 5.74) is 2.06. The topological polar surface area (TPSA) is 18.5 Å². The third-order valence-corrected chi connectivity index (χ3v) is 3.01. The summed E-state index contributed by atoms with van der Waals surface area (Å²) < 4.78 is 10.7. The minimum absolute atomic E-state index is 0.00337. The predicted octanol–water partition coefficient (Wildman–Crippen LogP) is 3.48. The van der Waals surface area contributed by atoms with Crippen LogP contribution in [0.1, 0.15) is 17.0 Å². The van der Waals surface area contributed by atoms with Crippen molar-refractivity contribution in [2.45, 2.75) is 5.92 Å². The second-order valence-corrected chi connectivity index (χ2v) is 4.39. The van der Waals surface area contributed by atoms with E-state index in [0.717, 1.165) is 16.9 Å². The van der Waals surface area contributed by atoms with Gasteiger partial charge in [-0.2, -0.15) is 0 Å². The lowest BCUT2D eigenvalue weighted by molar-refractivity contribution is 0.192. The molecule has 0 saturated carbocycles. The van der Waals surface area contributed by atoms with Gasteiger partial charge >= 0.3 is 0 Å². The first-order chi connectivity index (χ1) is 9.85. The lowest BCUT2D eigenvalue weighted by Gasteiger charge is -2.13. The molecule has 0 spiro atoms. The van der Waals surface area contributed by atoms with Gasteiger partial charge < -0.3 is 9.47 Å². The van der Waals surface area contributed by atoms with Crippen LogP contribution in [-0.2, 0) is 4.74 Å². The lowest BCUT2D eigenvalue weighted by Crippen LogP contribution is -2.06. The summed E-state index contributed by atoms with van der Waals surface area (Å²) in [6.45, 7) is 0.542. The first-order valence-corrected chi connectivity index (χ1v) is 6.53. The van der Waals surface area contributed by atoms with Crippen LogP contribution in [-0.4, -0.2) is 20.8 Å². The molecule has 0 unspecified atom stereocenters. The summed E-state index contributed by atoms with van der Waals surface area (Å²) in [5.74, 6) is 7.31. The van der Waals surface area contributed by atoms with Crippen LogP contribution in [0.15, 0.2) is 54.6 Å². The Kier molecular flexibility index (Phi) is 5.23. The van der Waals surface area contributed by atoms with Crippen molar-refractivity contribution in [2.24, 2.45) is 0 Å². The number of hydrogen-bond donors (Lipinski definition) is 0. The molecule has 2 nitrogen and oxygen atoms in total. The van der Waals surface area contributed by atoms with Gasteiger partial charge in [-0.3, -0.25) is 0 Å². The molecule has 1 atom stereocenters. The van der Waals surface area contributed by atoms with Gasteiger partial charge in [0.25, 0.3) is 0 Å². The van der Waals surface area contributed by atoms with Crippen LogP contribution in [0.3, 0.4) is 0 Å². The maximum atomic E-state index is 5.40. The van der Waals surface area contributed by atoms with E-state index in [1.807, 2.05) is 54.6 Å². The number of para-hydroxylation sites is 1. The molecule has 0 bridgehead atoms. The zero-order valence-electron chi connectivity index (χ0n) is 11.8. The summed E-state index contributed by atoms with van der Waals surface area (Å²) in [5, 5.41) is 0. The highest BCUT2D eigenvalue weighted by molar-refractivity contribution is 5.43. The minimum Gasteiger partial charge on any atom is -0.496 e. The SMILES string of the molecule is COC[C@@H](C#Cc1ccccc1)c1ccccc1OC. The Morgan fingerprint density at radius 3 is 2.35 bits per heavy atom. The van der Waals surface area contributed by atoms with E-state index in [-0.39, 0.29) is 5.92 Å². The summed E-state index contributed by atoms with van der Waals surface area (Å²) in [6, 6.07) is 17.9. The van der Waals surface area contributed by atoms with Crippen molar-refractivity contribution < 1.29 is 9.47 Å². The standard InChI is InChI=1S/C18H18O2/c1-19-14-16(13-12-15-8-4-3-5-9-15)17-10-6-7-11-18(17)20-2/h3-11,16H,14H2,1-2H3/t16-/m1/s1. The number of methoxy groups -OCH3 is 2. The Labute approximate surface area is 120 Å². The van der Waals surface area contributed by atoms with Crippen molar-refractivity contribution >= 4 is 0 Å². The van der Waals surface area contributed by atoms with Crippen molar-refractivity contribution in [3.8, 4) is 17.6 Å². The lowest BCUT2D eigenvalue weighted by atomic mass is 9.99. The molecule has 0 saturated heterocycles. The number of benzene rings is 2. The van der Waals surface area contributed by atoms with Crippen molar-refractivity contribution in [3.05, 3.63) is 65.7 Å². The van der Waals surface area contributed by atoms with Gasteiger partial charge in [-0.25, -0.2) is 0 Å². The summed E-state index contributed by atoms with van der Waals surface area (Å²) in [4.78, 5) is 0. The molecule has 2 aromatic rings. The van der Waals surface area contributed by atoms with E-state index in [9.17, 15) is 0 Å². The summed E-state index contributed by atoms with van der Waals surface area (Å²) >= 11 is 0. The zero-order chi connectivity index (χ0) is 14.2. The second kappa shape index (κ2) is 7.37. The Hall–Kier alpha value is -2.24. The van der Waals surface area contributed by atoms with Gasteiger partial charge in [-0.1, -0.05) is 48.2 Å². The smallest absolute Gasteiger partial charge is 0.123 e. The van der Waals surface area contributed by atoms with E-state index in [1.54, 1.807) is 14.2 Å². The minimum atomic E-state index is -0.00337. The molecule has 20 heavy (non-hydrogen) atoms. The van der Waals surface area contributed by atoms with E-state index >= 15 is 0 Å². The van der Waals surface area contributed by atoms with Gasteiger partial charge in [-0.05, 0) is 18.2 Å². The monoisotopic (exact) mass is 266 g/mol. The molecular weight excluding hydrogens is 248 g/mol. The third kappa shape index (κ3) is 3.63. The van der Waals surface area contributed by atoms with Crippen LogP contribution in [0, 0.1) is 11.8 Å². The van der Waals surface area contributed by atoms with Gasteiger partial charge in [0.05, 0.1) is 19.6 Å². The number of hydrogen-bond acceptors (Lipinski definition) is 2. The van der Waals surface area contributed by atoms with Crippen LogP contribution >= 0.6 is 0 Å². The fourth-order valence-corrected chi connectivity index (χ4v) is 2.02. The highest BCUT2D eigenvalue weighted by atomic mass is 16.5. The highest BCUT2D eigenvalue weighted by Crippen LogP contribution is 2.26. The zero-order valence-corrected chi connectivity index (χ0v) is 11.8. The highest BCUT2D eigenvalue weighted by Gasteiger charge is 2.13. The first-order valence-electron chi connectivity index (χ1n) is 6.53. The van der Waals surface area contributed by atoms with E-state index in [2.05, 4.69) is 11.8 Å². The number of ether oxygens (including phenoxy) is 2. The van der Waals surface area contributed by atoms with Crippen LogP contribution in [0.4, 0.5) is 0 Å². The molecule has 0 amide bonds. The van der Waals surface area contributed by atoms with E-state index in [1.165, 1.54) is 0 Å². The molecule has 0 heterocycles. The molecule has 0 radical (unpaired) electrons. The van der Waals surface area contributed by atoms with Gasteiger partial charge in [0.1, 0.15) is 5.75 Å². The van der Waals surface area contributed by atoms with E-state index in [4.69, 9.17) is 9.47 Å². The quantitative estimate of drug-likeness (QED) is 0.789.